The Hall–Kier alpha value is -4.68. The molecule has 350 valence electrons. The second-order valence-corrected chi connectivity index (χ2v) is 13.9. The molecular formula is C42H55F5N4O12. The number of aliphatic hydroxyl groups excluding tert-OH is 2. The summed E-state index contributed by atoms with van der Waals surface area (Å²) in [6.45, 7) is 2.31. The molecule has 0 aromatic heterocycles. The summed E-state index contributed by atoms with van der Waals surface area (Å²) in [5, 5.41) is 48.6. The first-order valence-electron chi connectivity index (χ1n) is 20.1. The number of aryl methyl sites for hydroxylation is 1. The Morgan fingerprint density at radius 2 is 1.38 bits per heavy atom. The number of phenols is 1. The highest BCUT2D eigenvalue weighted by Gasteiger charge is 2.29. The number of rotatable bonds is 26. The summed E-state index contributed by atoms with van der Waals surface area (Å²) in [6, 6.07) is 15.5. The number of unbranched alkanes of at least 4 members (excludes halogenated alkanes) is 1. The Morgan fingerprint density at radius 3 is 1.98 bits per heavy atom. The van der Waals surface area contributed by atoms with Crippen LogP contribution in [0.15, 0.2) is 58.6 Å². The van der Waals surface area contributed by atoms with Gasteiger partial charge in [0.1, 0.15) is 11.9 Å². The van der Waals surface area contributed by atoms with Gasteiger partial charge in [-0.15, -0.1) is 0 Å². The number of hydrogen-bond donors (Lipinski definition) is 6. The second kappa shape index (κ2) is 29.6. The van der Waals surface area contributed by atoms with Crippen molar-refractivity contribution in [1.82, 2.24) is 5.23 Å². The summed E-state index contributed by atoms with van der Waals surface area (Å²) >= 11 is 0. The molecule has 1 fully saturated rings. The van der Waals surface area contributed by atoms with E-state index in [0.717, 1.165) is 30.4 Å². The van der Waals surface area contributed by atoms with Crippen LogP contribution in [0.5, 0.6) is 11.5 Å². The Bertz CT molecular complexity index is 1830. The molecule has 1 aliphatic heterocycles. The van der Waals surface area contributed by atoms with E-state index >= 15 is 0 Å². The zero-order valence-electron chi connectivity index (χ0n) is 34.6. The number of phenolic OH excluding ortho intramolecular Hbond substituents is 1. The molecule has 0 radical (unpaired) electrons. The number of carbonyl (C=O) groups excluding carboxylic acids is 1. The third-order valence-corrected chi connectivity index (χ3v) is 9.10. The standard InChI is InChI=1S/C35H40F5N3O7.C7H15NO5/c36-30-31(37)33(39)35(34(40)32(30)38)50-29(45)12-14-46-16-18-48-20-21-49-19-17-47-15-13-42-23-27(43-41)7-2-1-4-24-5-3-6-26(22-24)25-8-10-28(44)11-9-25;9-6-3-5(1-2-8(11)12)13-4-7(6)10/h3,5-6,8-11,22-23,44H,1-2,4,7,12-21,41H2;5-7,9-12H,1-4H2/b42-23?,43-27-;. The van der Waals surface area contributed by atoms with Crippen LogP contribution in [0.25, 0.3) is 11.1 Å². The van der Waals surface area contributed by atoms with E-state index in [4.69, 9.17) is 45.0 Å². The van der Waals surface area contributed by atoms with Crippen molar-refractivity contribution in [3.63, 3.8) is 0 Å². The first-order chi connectivity index (χ1) is 30.3. The minimum Gasteiger partial charge on any atom is -0.508 e. The normalized spacial score (nSPS) is 16.7. The molecule has 0 aliphatic carbocycles. The molecule has 7 N–H and O–H groups in total. The van der Waals surface area contributed by atoms with Crippen molar-refractivity contribution in [1.29, 1.82) is 0 Å². The van der Waals surface area contributed by atoms with Gasteiger partial charge in [-0.1, -0.05) is 41.6 Å². The monoisotopic (exact) mass is 902 g/mol. The lowest BCUT2D eigenvalue weighted by atomic mass is 10.00. The predicted octanol–water partition coefficient (Wildman–Crippen LogP) is 4.88. The van der Waals surface area contributed by atoms with Crippen molar-refractivity contribution in [2.75, 3.05) is 72.6 Å². The van der Waals surface area contributed by atoms with Crippen molar-refractivity contribution < 1.29 is 80.9 Å². The maximum absolute atomic E-state index is 13.6. The number of aliphatic imine (C=N–C) groups is 1. The van der Waals surface area contributed by atoms with E-state index in [-0.39, 0.29) is 56.7 Å². The number of hydrazone groups is 1. The van der Waals surface area contributed by atoms with Crippen molar-refractivity contribution in [2.24, 2.45) is 15.9 Å². The van der Waals surface area contributed by atoms with E-state index < -0.39 is 59.4 Å². The van der Waals surface area contributed by atoms with Crippen LogP contribution in [0.4, 0.5) is 22.0 Å². The van der Waals surface area contributed by atoms with Crippen LogP contribution in [-0.2, 0) is 34.9 Å². The third-order valence-electron chi connectivity index (χ3n) is 9.10. The van der Waals surface area contributed by atoms with Crippen LogP contribution in [0.2, 0.25) is 0 Å². The fourth-order valence-corrected chi connectivity index (χ4v) is 5.70. The van der Waals surface area contributed by atoms with Gasteiger partial charge in [-0.25, -0.2) is 13.2 Å². The highest BCUT2D eigenvalue weighted by molar-refractivity contribution is 6.30. The minimum atomic E-state index is -2.35. The number of hydrogen-bond acceptors (Lipinski definition) is 16. The number of esters is 1. The van der Waals surface area contributed by atoms with Crippen molar-refractivity contribution in [2.45, 2.75) is 63.3 Å². The number of aromatic hydroxyl groups is 1. The predicted molar refractivity (Wildman–Crippen MR) is 217 cm³/mol. The van der Waals surface area contributed by atoms with Crippen LogP contribution in [0.3, 0.4) is 0 Å². The summed E-state index contributed by atoms with van der Waals surface area (Å²) < 4.78 is 97.3. The van der Waals surface area contributed by atoms with Gasteiger partial charge in [-0.2, -0.15) is 13.9 Å². The molecule has 63 heavy (non-hydrogen) atoms. The number of ether oxygens (including phenoxy) is 6. The molecule has 0 amide bonds. The molecule has 0 bridgehead atoms. The molecule has 3 aromatic carbocycles. The highest BCUT2D eigenvalue weighted by Crippen LogP contribution is 2.29. The van der Waals surface area contributed by atoms with Gasteiger partial charge in [0.2, 0.25) is 34.8 Å². The molecule has 21 heteroatoms. The van der Waals surface area contributed by atoms with Gasteiger partial charge < -0.3 is 49.6 Å². The molecule has 1 saturated heterocycles. The van der Waals surface area contributed by atoms with E-state index in [1.807, 2.05) is 18.2 Å². The summed E-state index contributed by atoms with van der Waals surface area (Å²) in [5.41, 5.74) is 4.11. The third kappa shape index (κ3) is 20.1. The first-order valence-corrected chi connectivity index (χ1v) is 20.1. The second-order valence-electron chi connectivity index (χ2n) is 13.9. The number of aliphatic hydroxyl groups is 2. The maximum atomic E-state index is 13.6. The summed E-state index contributed by atoms with van der Waals surface area (Å²) in [4.78, 5) is 16.0. The number of nitrogens with zero attached hydrogens (tertiary/aromatic N) is 3. The average molecular weight is 903 g/mol. The number of nitrogens with two attached hydrogens (primary N) is 1. The summed E-state index contributed by atoms with van der Waals surface area (Å²) in [6.07, 6.45) is 3.61. The lowest BCUT2D eigenvalue weighted by molar-refractivity contribution is -0.309. The van der Waals surface area contributed by atoms with E-state index in [0.29, 0.717) is 57.9 Å². The van der Waals surface area contributed by atoms with E-state index in [1.165, 1.54) is 5.56 Å². The van der Waals surface area contributed by atoms with Crippen LogP contribution < -0.4 is 10.6 Å². The molecule has 0 spiro atoms. The van der Waals surface area contributed by atoms with Crippen molar-refractivity contribution >= 4 is 17.9 Å². The fourth-order valence-electron chi connectivity index (χ4n) is 5.70. The summed E-state index contributed by atoms with van der Waals surface area (Å²) in [7, 11) is 0. The van der Waals surface area contributed by atoms with Crippen LogP contribution in [0.1, 0.15) is 44.1 Å². The van der Waals surface area contributed by atoms with Crippen LogP contribution >= 0.6 is 0 Å². The quantitative estimate of drug-likeness (QED) is 0.00727. The molecule has 1 heterocycles. The molecule has 3 atom stereocenters. The SMILES string of the molecule is N/N=C(\C=NCCOCCOCCOCCOCCC(=O)Oc1c(F)c(F)c(F)c(F)c1F)CCCCc1cccc(-c2ccc(O)cc2)c1.OC1COC(CCN(O)O)CC1O. The Balaban J connectivity index is 0.000000692. The number of carbonyl (C=O) groups is 1. The lowest BCUT2D eigenvalue weighted by Crippen LogP contribution is -2.42. The molecule has 3 aromatic rings. The van der Waals surface area contributed by atoms with Crippen LogP contribution in [-0.4, -0.2) is 140 Å². The zero-order valence-corrected chi connectivity index (χ0v) is 34.6. The Labute approximate surface area is 361 Å². The van der Waals surface area contributed by atoms with E-state index in [9.17, 15) is 37.0 Å². The molecule has 3 unspecified atom stereocenters. The molecule has 4 rings (SSSR count). The largest absolute Gasteiger partial charge is 0.508 e. The fraction of sp³-hybridized carbons (Fsp3) is 0.500. The van der Waals surface area contributed by atoms with E-state index in [2.05, 4.69) is 33.0 Å². The van der Waals surface area contributed by atoms with Gasteiger partial charge in [0.05, 0.1) is 96.9 Å². The average Bonchev–Trinajstić information content (AvgIpc) is 3.28. The number of benzene rings is 3. The topological polar surface area (TPSA) is 228 Å². The van der Waals surface area contributed by atoms with Gasteiger partial charge in [-0.05, 0) is 60.9 Å². The molecular weight excluding hydrogens is 847 g/mol. The van der Waals surface area contributed by atoms with Gasteiger partial charge in [-0.3, -0.25) is 20.2 Å². The van der Waals surface area contributed by atoms with Crippen molar-refractivity contribution in [3.8, 4) is 22.6 Å². The Kier molecular flexibility index (Phi) is 24.8. The lowest BCUT2D eigenvalue weighted by Gasteiger charge is -2.30. The molecule has 1 aliphatic rings. The van der Waals surface area contributed by atoms with Crippen LogP contribution in [0, 0.1) is 29.1 Å². The molecule has 0 saturated carbocycles. The molecule has 16 nitrogen and oxygen atoms in total. The smallest absolute Gasteiger partial charge is 0.313 e. The summed E-state index contributed by atoms with van der Waals surface area (Å²) in [5.74, 6) is -8.38. The zero-order chi connectivity index (χ0) is 46.0. The number of hydroxylamine groups is 2. The minimum absolute atomic E-state index is 0.0630. The number of halogens is 5. The van der Waals surface area contributed by atoms with Gasteiger partial charge in [0.25, 0.3) is 0 Å². The van der Waals surface area contributed by atoms with Gasteiger partial charge >= 0.3 is 5.97 Å². The van der Waals surface area contributed by atoms with E-state index in [1.54, 1.807) is 18.3 Å². The van der Waals surface area contributed by atoms with Gasteiger partial charge in [0, 0.05) is 12.6 Å². The van der Waals surface area contributed by atoms with Gasteiger partial charge in [0.15, 0.2) is 0 Å². The van der Waals surface area contributed by atoms with Crippen molar-refractivity contribution in [3.05, 3.63) is 83.2 Å². The Morgan fingerprint density at radius 1 is 0.778 bits per heavy atom. The maximum Gasteiger partial charge on any atom is 0.313 e. The first kappa shape index (κ1) is 52.7. The highest BCUT2D eigenvalue weighted by atomic mass is 19.2.